The van der Waals surface area contributed by atoms with E-state index in [0.717, 1.165) is 5.39 Å². The highest BCUT2D eigenvalue weighted by atomic mass is 16.5. The molecule has 2 aromatic heterocycles. The van der Waals surface area contributed by atoms with E-state index in [4.69, 9.17) is 23.0 Å². The minimum Gasteiger partial charge on any atom is -0.497 e. The molecule has 0 fully saturated rings. The summed E-state index contributed by atoms with van der Waals surface area (Å²) in [6.07, 6.45) is 0. The van der Waals surface area contributed by atoms with E-state index in [-0.39, 0.29) is 0 Å². The fraction of sp³-hybridized carbons (Fsp3) is 0.0769. The molecule has 0 spiro atoms. The smallest absolute Gasteiger partial charge is 0.343 e. The van der Waals surface area contributed by atoms with Crippen LogP contribution in [-0.2, 0) is 0 Å². The highest BCUT2D eigenvalue weighted by Crippen LogP contribution is 2.36. The Kier molecular flexibility index (Phi) is 5.06. The second kappa shape index (κ2) is 8.20. The molecular formula is C26H18O7. The predicted molar refractivity (Wildman–Crippen MR) is 122 cm³/mol. The maximum Gasteiger partial charge on any atom is 0.343 e. The summed E-state index contributed by atoms with van der Waals surface area (Å²) in [6, 6.07) is 20.2. The number of para-hydroxylation sites is 1. The second-order valence-corrected chi connectivity index (χ2v) is 7.25. The van der Waals surface area contributed by atoms with Crippen LogP contribution in [0.25, 0.3) is 33.3 Å². The maximum atomic E-state index is 12.6. The van der Waals surface area contributed by atoms with Crippen LogP contribution < -0.4 is 19.8 Å². The Balaban J connectivity index is 1.58. The molecule has 7 nitrogen and oxygen atoms in total. The molecule has 164 valence electrons. The maximum absolute atomic E-state index is 12.6. The van der Waals surface area contributed by atoms with Gasteiger partial charge in [-0.1, -0.05) is 18.2 Å². The average molecular weight is 442 g/mol. The van der Waals surface area contributed by atoms with Crippen LogP contribution in [0.5, 0.6) is 17.2 Å². The lowest BCUT2D eigenvalue weighted by atomic mass is 10.1. The fourth-order valence-corrected chi connectivity index (χ4v) is 3.66. The Bertz CT molecular complexity index is 1560. The molecule has 0 bridgehead atoms. The van der Waals surface area contributed by atoms with E-state index in [1.165, 1.54) is 13.2 Å². The second-order valence-electron chi connectivity index (χ2n) is 7.25. The molecule has 0 N–H and O–H groups in total. The first kappa shape index (κ1) is 20.4. The summed E-state index contributed by atoms with van der Waals surface area (Å²) in [7, 11) is 3.09. The van der Waals surface area contributed by atoms with Gasteiger partial charge in [0.1, 0.15) is 22.8 Å². The molecule has 0 amide bonds. The normalized spacial score (nSPS) is 11.0. The van der Waals surface area contributed by atoms with Gasteiger partial charge in [-0.05, 0) is 48.5 Å². The highest BCUT2D eigenvalue weighted by molar-refractivity contribution is 5.97. The number of esters is 1. The molecule has 7 heteroatoms. The number of hydrogen-bond donors (Lipinski definition) is 0. The van der Waals surface area contributed by atoms with Gasteiger partial charge in [-0.25, -0.2) is 9.59 Å². The van der Waals surface area contributed by atoms with Crippen molar-refractivity contribution in [3.05, 3.63) is 88.8 Å². The number of hydrogen-bond acceptors (Lipinski definition) is 7. The predicted octanol–water partition coefficient (Wildman–Crippen LogP) is 5.44. The monoisotopic (exact) mass is 442 g/mol. The first-order valence-electron chi connectivity index (χ1n) is 10.1. The van der Waals surface area contributed by atoms with E-state index in [0.29, 0.717) is 50.7 Å². The first-order valence-corrected chi connectivity index (χ1v) is 10.1. The lowest BCUT2D eigenvalue weighted by Gasteiger charge is -2.08. The van der Waals surface area contributed by atoms with Crippen molar-refractivity contribution in [1.29, 1.82) is 0 Å². The molecule has 0 aliphatic rings. The minimum atomic E-state index is -0.541. The third-order valence-corrected chi connectivity index (χ3v) is 5.22. The van der Waals surface area contributed by atoms with Gasteiger partial charge in [0.2, 0.25) is 0 Å². The minimum absolute atomic E-state index is 0.291. The summed E-state index contributed by atoms with van der Waals surface area (Å²) in [5.74, 6) is 1.34. The van der Waals surface area contributed by atoms with Crippen molar-refractivity contribution in [1.82, 2.24) is 0 Å². The molecule has 3 aromatic carbocycles. The molecule has 2 heterocycles. The standard InChI is InChI=1S/C26H18O7/c1-29-17-7-3-6-16(11-17)26(28)31-18-9-10-21-19(13-18)20(14-24(27)32-21)23-12-15-5-4-8-22(30-2)25(15)33-23/h3-14H,1-2H3. The number of ether oxygens (including phenoxy) is 3. The van der Waals surface area contributed by atoms with Crippen LogP contribution in [0.3, 0.4) is 0 Å². The summed E-state index contributed by atoms with van der Waals surface area (Å²) in [5.41, 5.74) is 1.24. The topological polar surface area (TPSA) is 88.1 Å². The zero-order valence-electron chi connectivity index (χ0n) is 17.8. The van der Waals surface area contributed by atoms with Gasteiger partial charge in [0.05, 0.1) is 19.8 Å². The van der Waals surface area contributed by atoms with Gasteiger partial charge in [0.25, 0.3) is 0 Å². The summed E-state index contributed by atoms with van der Waals surface area (Å²) < 4.78 is 27.5. The van der Waals surface area contributed by atoms with Crippen LogP contribution in [0.15, 0.2) is 86.4 Å². The number of methoxy groups -OCH3 is 2. The van der Waals surface area contributed by atoms with Crippen LogP contribution in [-0.4, -0.2) is 20.2 Å². The van der Waals surface area contributed by atoms with Gasteiger partial charge in [0.15, 0.2) is 11.3 Å². The summed E-state index contributed by atoms with van der Waals surface area (Å²) in [6.45, 7) is 0. The Morgan fingerprint density at radius 1 is 0.818 bits per heavy atom. The van der Waals surface area contributed by atoms with Crippen molar-refractivity contribution < 1.29 is 27.8 Å². The van der Waals surface area contributed by atoms with Crippen molar-refractivity contribution in [2.75, 3.05) is 14.2 Å². The van der Waals surface area contributed by atoms with Crippen LogP contribution in [0.1, 0.15) is 10.4 Å². The zero-order chi connectivity index (χ0) is 22.9. The van der Waals surface area contributed by atoms with Crippen LogP contribution >= 0.6 is 0 Å². The third kappa shape index (κ3) is 3.80. The van der Waals surface area contributed by atoms with Crippen molar-refractivity contribution in [3.8, 4) is 28.6 Å². The Morgan fingerprint density at radius 3 is 2.48 bits per heavy atom. The average Bonchev–Trinajstić information content (AvgIpc) is 3.28. The lowest BCUT2D eigenvalue weighted by molar-refractivity contribution is 0.0734. The third-order valence-electron chi connectivity index (χ3n) is 5.22. The first-order chi connectivity index (χ1) is 16.1. The van der Waals surface area contributed by atoms with E-state index in [1.54, 1.807) is 55.6 Å². The number of furan rings is 1. The number of rotatable bonds is 5. The van der Waals surface area contributed by atoms with Gasteiger partial charge in [-0.15, -0.1) is 0 Å². The number of fused-ring (bicyclic) bond motifs is 2. The van der Waals surface area contributed by atoms with E-state index in [2.05, 4.69) is 0 Å². The van der Waals surface area contributed by atoms with Crippen molar-refractivity contribution in [3.63, 3.8) is 0 Å². The molecule has 0 unspecified atom stereocenters. The summed E-state index contributed by atoms with van der Waals surface area (Å²) in [5, 5.41) is 1.38. The zero-order valence-corrected chi connectivity index (χ0v) is 17.8. The molecule has 33 heavy (non-hydrogen) atoms. The van der Waals surface area contributed by atoms with Gasteiger partial charge in [-0.3, -0.25) is 0 Å². The lowest BCUT2D eigenvalue weighted by Crippen LogP contribution is -2.08. The number of carbonyl (C=O) groups is 1. The molecule has 0 aliphatic carbocycles. The van der Waals surface area contributed by atoms with E-state index < -0.39 is 11.6 Å². The molecule has 0 atom stereocenters. The van der Waals surface area contributed by atoms with E-state index >= 15 is 0 Å². The molecule has 0 saturated heterocycles. The SMILES string of the molecule is COc1cccc(C(=O)Oc2ccc3oc(=O)cc(-c4cc5cccc(OC)c5o4)c3c2)c1. The molecular weight excluding hydrogens is 424 g/mol. The quantitative estimate of drug-likeness (QED) is 0.203. The Hall–Kier alpha value is -4.52. The van der Waals surface area contributed by atoms with Crippen molar-refractivity contribution >= 4 is 27.9 Å². The largest absolute Gasteiger partial charge is 0.497 e. The van der Waals surface area contributed by atoms with E-state index in [9.17, 15) is 9.59 Å². The number of carbonyl (C=O) groups excluding carboxylic acids is 1. The van der Waals surface area contributed by atoms with E-state index in [1.807, 2.05) is 18.2 Å². The van der Waals surface area contributed by atoms with Crippen molar-refractivity contribution in [2.45, 2.75) is 0 Å². The fourth-order valence-electron chi connectivity index (χ4n) is 3.66. The highest BCUT2D eigenvalue weighted by Gasteiger charge is 2.17. The Labute approximate surface area is 187 Å². The summed E-state index contributed by atoms with van der Waals surface area (Å²) >= 11 is 0. The van der Waals surface area contributed by atoms with Gasteiger partial charge in [0, 0.05) is 22.4 Å². The molecule has 0 saturated carbocycles. The summed E-state index contributed by atoms with van der Waals surface area (Å²) in [4.78, 5) is 24.8. The van der Waals surface area contributed by atoms with Crippen LogP contribution in [0.4, 0.5) is 0 Å². The van der Waals surface area contributed by atoms with Gasteiger partial charge >= 0.3 is 11.6 Å². The molecule has 5 aromatic rings. The Morgan fingerprint density at radius 2 is 1.67 bits per heavy atom. The van der Waals surface area contributed by atoms with Crippen LogP contribution in [0, 0.1) is 0 Å². The van der Waals surface area contributed by atoms with Crippen LogP contribution in [0.2, 0.25) is 0 Å². The molecule has 0 aliphatic heterocycles. The molecule has 0 radical (unpaired) electrons. The van der Waals surface area contributed by atoms with Gasteiger partial charge < -0.3 is 23.0 Å². The van der Waals surface area contributed by atoms with Crippen molar-refractivity contribution in [2.24, 2.45) is 0 Å². The molecule has 5 rings (SSSR count). The van der Waals surface area contributed by atoms with Gasteiger partial charge in [-0.2, -0.15) is 0 Å². The number of benzene rings is 3.